The molecule has 0 aliphatic carbocycles. The number of benzene rings is 2. The molecule has 184 valence electrons. The van der Waals surface area contributed by atoms with Gasteiger partial charge < -0.3 is 25.8 Å². The molecule has 7 nitrogen and oxygen atoms in total. The molecule has 0 spiro atoms. The van der Waals surface area contributed by atoms with Gasteiger partial charge in [-0.05, 0) is 43.2 Å². The number of para-hydroxylation sites is 1. The number of aryl methyl sites for hydroxylation is 1. The predicted molar refractivity (Wildman–Crippen MR) is 141 cm³/mol. The Morgan fingerprint density at radius 2 is 1.65 bits per heavy atom. The van der Waals surface area contributed by atoms with Crippen LogP contribution in [0.15, 0.2) is 42.5 Å². The number of anilines is 3. The maximum absolute atomic E-state index is 12.6. The highest BCUT2D eigenvalue weighted by molar-refractivity contribution is 5.96. The first-order valence-corrected chi connectivity index (χ1v) is 12.1. The van der Waals surface area contributed by atoms with E-state index >= 15 is 0 Å². The summed E-state index contributed by atoms with van der Waals surface area (Å²) in [6.45, 7) is 12.5. The molecule has 3 N–H and O–H groups in total. The van der Waals surface area contributed by atoms with Crippen molar-refractivity contribution in [3.8, 4) is 0 Å². The van der Waals surface area contributed by atoms with Crippen LogP contribution in [0.3, 0.4) is 0 Å². The van der Waals surface area contributed by atoms with Gasteiger partial charge in [-0.15, -0.1) is 0 Å². The van der Waals surface area contributed by atoms with Crippen LogP contribution in [0, 0.1) is 12.3 Å². The Bertz CT molecular complexity index is 1010. The number of carbonyl (C=O) groups excluding carboxylic acids is 2. The van der Waals surface area contributed by atoms with Crippen LogP contribution in [0.1, 0.15) is 43.1 Å². The zero-order chi connectivity index (χ0) is 24.9. The molecule has 2 aromatic rings. The number of amides is 2. The molecule has 0 radical (unpaired) electrons. The standard InChI is InChI=1S/C27H39N5O2/c1-6-27(3,4)26(34)30(5)14-13-29-25(33)21-11-12-24(22(28)19-21)32-17-15-31(16-18-32)23-10-8-7-9-20(23)2/h7-12,19H,6,13-18,28H2,1-5H3,(H,29,33). The van der Waals surface area contributed by atoms with Crippen molar-refractivity contribution in [3.05, 3.63) is 53.6 Å². The van der Waals surface area contributed by atoms with Crippen LogP contribution < -0.4 is 20.9 Å². The van der Waals surface area contributed by atoms with Gasteiger partial charge in [-0.1, -0.05) is 39.0 Å². The minimum Gasteiger partial charge on any atom is -0.397 e. The SMILES string of the molecule is CCC(C)(C)C(=O)N(C)CCNC(=O)c1ccc(N2CCN(c3ccccc3C)CC2)c(N)c1. The quantitative estimate of drug-likeness (QED) is 0.583. The number of rotatable bonds is 8. The lowest BCUT2D eigenvalue weighted by Gasteiger charge is -2.38. The number of piperazine rings is 1. The fourth-order valence-corrected chi connectivity index (χ4v) is 4.30. The number of nitrogens with two attached hydrogens (primary N) is 1. The van der Waals surface area contributed by atoms with Gasteiger partial charge in [-0.3, -0.25) is 9.59 Å². The Kier molecular flexibility index (Phi) is 8.07. The fraction of sp³-hybridized carbons (Fsp3) is 0.481. The average Bonchev–Trinajstić information content (AvgIpc) is 2.83. The van der Waals surface area contributed by atoms with Gasteiger partial charge in [0.2, 0.25) is 5.91 Å². The number of likely N-dealkylation sites (N-methyl/N-ethyl adjacent to an activating group) is 1. The third-order valence-electron chi connectivity index (χ3n) is 6.91. The summed E-state index contributed by atoms with van der Waals surface area (Å²) in [4.78, 5) is 31.5. The summed E-state index contributed by atoms with van der Waals surface area (Å²) in [5.74, 6) is -0.0985. The molecule has 1 aliphatic rings. The molecule has 0 aromatic heterocycles. The van der Waals surface area contributed by atoms with Gasteiger partial charge in [0.1, 0.15) is 0 Å². The molecule has 0 bridgehead atoms. The topological polar surface area (TPSA) is 81.9 Å². The summed E-state index contributed by atoms with van der Waals surface area (Å²) in [5.41, 5.74) is 10.6. The maximum atomic E-state index is 12.6. The Balaban J connectivity index is 1.53. The lowest BCUT2D eigenvalue weighted by atomic mass is 9.89. The lowest BCUT2D eigenvalue weighted by molar-refractivity contribution is -0.139. The van der Waals surface area contributed by atoms with Crippen molar-refractivity contribution in [2.45, 2.75) is 34.1 Å². The van der Waals surface area contributed by atoms with Crippen molar-refractivity contribution in [2.24, 2.45) is 5.41 Å². The summed E-state index contributed by atoms with van der Waals surface area (Å²) < 4.78 is 0. The first-order chi connectivity index (χ1) is 16.1. The van der Waals surface area contributed by atoms with E-state index < -0.39 is 5.41 Å². The minimum absolute atomic E-state index is 0.0837. The van der Waals surface area contributed by atoms with Gasteiger partial charge in [-0.25, -0.2) is 0 Å². The predicted octanol–water partition coefficient (Wildman–Crippen LogP) is 3.53. The first kappa shape index (κ1) is 25.4. The molecule has 0 saturated carbocycles. The zero-order valence-electron chi connectivity index (χ0n) is 21.2. The molecule has 1 fully saturated rings. The van der Waals surface area contributed by atoms with Crippen LogP contribution >= 0.6 is 0 Å². The van der Waals surface area contributed by atoms with Gasteiger partial charge in [-0.2, -0.15) is 0 Å². The largest absolute Gasteiger partial charge is 0.397 e. The van der Waals surface area contributed by atoms with E-state index in [0.29, 0.717) is 24.3 Å². The molecule has 1 saturated heterocycles. The molecule has 1 aliphatic heterocycles. The van der Waals surface area contributed by atoms with E-state index in [4.69, 9.17) is 5.73 Å². The molecule has 1 heterocycles. The van der Waals surface area contributed by atoms with E-state index in [1.807, 2.05) is 32.9 Å². The molecule has 2 aromatic carbocycles. The number of nitrogens with one attached hydrogen (secondary N) is 1. The summed E-state index contributed by atoms with van der Waals surface area (Å²) in [7, 11) is 1.78. The Morgan fingerprint density at radius 3 is 2.24 bits per heavy atom. The molecule has 0 atom stereocenters. The molecular weight excluding hydrogens is 426 g/mol. The molecule has 0 unspecified atom stereocenters. The molecule has 3 rings (SSSR count). The molecule has 7 heteroatoms. The average molecular weight is 466 g/mol. The van der Waals surface area contributed by atoms with E-state index in [9.17, 15) is 9.59 Å². The van der Waals surface area contributed by atoms with Crippen LogP contribution in [-0.4, -0.2) is 63.0 Å². The van der Waals surface area contributed by atoms with Crippen LogP contribution in [0.2, 0.25) is 0 Å². The zero-order valence-corrected chi connectivity index (χ0v) is 21.2. The minimum atomic E-state index is -0.394. The molecule has 2 amide bonds. The van der Waals surface area contributed by atoms with E-state index in [1.54, 1.807) is 18.0 Å². The second-order valence-electron chi connectivity index (χ2n) is 9.75. The van der Waals surface area contributed by atoms with E-state index in [0.717, 1.165) is 38.3 Å². The normalized spacial score (nSPS) is 14.1. The third kappa shape index (κ3) is 5.82. The fourth-order valence-electron chi connectivity index (χ4n) is 4.30. The summed E-state index contributed by atoms with van der Waals surface area (Å²) in [6.07, 6.45) is 0.773. The number of hydrogen-bond donors (Lipinski definition) is 2. The van der Waals surface area contributed by atoms with Crippen LogP contribution in [0.25, 0.3) is 0 Å². The van der Waals surface area contributed by atoms with Crippen molar-refractivity contribution in [1.82, 2.24) is 10.2 Å². The Hall–Kier alpha value is -3.22. The van der Waals surface area contributed by atoms with Crippen LogP contribution in [-0.2, 0) is 4.79 Å². The Morgan fingerprint density at radius 1 is 1.03 bits per heavy atom. The smallest absolute Gasteiger partial charge is 0.251 e. The highest BCUT2D eigenvalue weighted by Gasteiger charge is 2.28. The first-order valence-electron chi connectivity index (χ1n) is 12.1. The lowest BCUT2D eigenvalue weighted by Crippen LogP contribution is -2.47. The molecular formula is C27H39N5O2. The second kappa shape index (κ2) is 10.8. The van der Waals surface area contributed by atoms with Gasteiger partial charge >= 0.3 is 0 Å². The van der Waals surface area contributed by atoms with Gasteiger partial charge in [0, 0.05) is 63.0 Å². The van der Waals surface area contributed by atoms with Gasteiger partial charge in [0.25, 0.3) is 5.91 Å². The van der Waals surface area contributed by atoms with Crippen LogP contribution in [0.4, 0.5) is 17.1 Å². The van der Waals surface area contributed by atoms with E-state index in [1.165, 1.54) is 11.3 Å². The molecule has 34 heavy (non-hydrogen) atoms. The summed E-state index contributed by atoms with van der Waals surface area (Å²) in [6, 6.07) is 14.0. The highest BCUT2D eigenvalue weighted by atomic mass is 16.2. The van der Waals surface area contributed by atoms with Crippen molar-refractivity contribution >= 4 is 28.9 Å². The Labute approximate surface area is 203 Å². The number of nitrogen functional groups attached to an aromatic ring is 1. The maximum Gasteiger partial charge on any atom is 0.251 e. The van der Waals surface area contributed by atoms with Crippen molar-refractivity contribution in [2.75, 3.05) is 61.8 Å². The van der Waals surface area contributed by atoms with Crippen LogP contribution in [0.5, 0.6) is 0 Å². The van der Waals surface area contributed by atoms with E-state index in [2.05, 4.69) is 46.3 Å². The van der Waals surface area contributed by atoms with E-state index in [-0.39, 0.29) is 11.8 Å². The monoisotopic (exact) mass is 465 g/mol. The summed E-state index contributed by atoms with van der Waals surface area (Å²) in [5, 5.41) is 2.90. The number of hydrogen-bond acceptors (Lipinski definition) is 5. The number of nitrogens with zero attached hydrogens (tertiary/aromatic N) is 3. The van der Waals surface area contributed by atoms with Crippen molar-refractivity contribution < 1.29 is 9.59 Å². The van der Waals surface area contributed by atoms with Crippen molar-refractivity contribution in [3.63, 3.8) is 0 Å². The van der Waals surface area contributed by atoms with Crippen molar-refractivity contribution in [1.29, 1.82) is 0 Å². The number of carbonyl (C=O) groups is 2. The summed E-state index contributed by atoms with van der Waals surface area (Å²) >= 11 is 0. The third-order valence-corrected chi connectivity index (χ3v) is 6.91. The van der Waals surface area contributed by atoms with Gasteiger partial charge in [0.15, 0.2) is 0 Å². The highest BCUT2D eigenvalue weighted by Crippen LogP contribution is 2.28. The second-order valence-corrected chi connectivity index (χ2v) is 9.75. The van der Waals surface area contributed by atoms with Gasteiger partial charge in [0.05, 0.1) is 11.4 Å².